The first-order valence-corrected chi connectivity index (χ1v) is 13.7. The molecule has 10 nitrogen and oxygen atoms in total. The molecule has 2 heterocycles. The number of halogens is 5. The average Bonchev–Trinajstić information content (AvgIpc) is 3.33. The first-order chi connectivity index (χ1) is 21.9. The largest absolute Gasteiger partial charge is 0.480 e. The third kappa shape index (κ3) is 6.68. The highest BCUT2D eigenvalue weighted by Crippen LogP contribution is 2.40. The highest BCUT2D eigenvalue weighted by atomic mass is 19.4. The summed E-state index contributed by atoms with van der Waals surface area (Å²) in [7, 11) is 0. The minimum Gasteiger partial charge on any atom is -0.480 e. The molecule has 5 aromatic rings. The van der Waals surface area contributed by atoms with Gasteiger partial charge in [0.15, 0.2) is 23.6 Å². The van der Waals surface area contributed by atoms with Crippen LogP contribution in [0.2, 0.25) is 0 Å². The fourth-order valence-corrected chi connectivity index (χ4v) is 4.52. The molecule has 0 saturated carbocycles. The zero-order valence-corrected chi connectivity index (χ0v) is 24.2. The monoisotopic (exact) mass is 644 g/mol. The van der Waals surface area contributed by atoms with E-state index in [1.54, 1.807) is 6.92 Å². The van der Waals surface area contributed by atoms with E-state index in [1.165, 1.54) is 16.7 Å². The number of carboxylic acid groups (broad SMARTS) is 1. The molecule has 5 rings (SSSR count). The molecule has 240 valence electrons. The maximum atomic E-state index is 14.7. The smallest absolute Gasteiger partial charge is 0.425 e. The number of benzene rings is 3. The summed E-state index contributed by atoms with van der Waals surface area (Å²) < 4.78 is 89.0. The van der Waals surface area contributed by atoms with E-state index in [2.05, 4.69) is 10.1 Å². The first-order valence-electron chi connectivity index (χ1n) is 13.7. The van der Waals surface area contributed by atoms with Gasteiger partial charge in [-0.2, -0.15) is 17.9 Å². The van der Waals surface area contributed by atoms with Gasteiger partial charge in [-0.15, -0.1) is 5.10 Å². The third-order valence-corrected chi connectivity index (χ3v) is 6.83. The molecule has 1 N–H and O–H groups in total. The lowest BCUT2D eigenvalue weighted by Gasteiger charge is -2.20. The van der Waals surface area contributed by atoms with Crippen LogP contribution in [0, 0.1) is 11.6 Å². The molecule has 0 aliphatic carbocycles. The summed E-state index contributed by atoms with van der Waals surface area (Å²) in [6, 6.07) is 14.2. The summed E-state index contributed by atoms with van der Waals surface area (Å²) >= 11 is 0. The number of fused-ring (bicyclic) bond motifs is 1. The number of aromatic nitrogens is 4. The highest BCUT2D eigenvalue weighted by molar-refractivity contribution is 5.94. The molecule has 46 heavy (non-hydrogen) atoms. The Morgan fingerprint density at radius 3 is 2.35 bits per heavy atom. The van der Waals surface area contributed by atoms with Crippen molar-refractivity contribution in [2.24, 2.45) is 0 Å². The number of ether oxygens (including phenoxy) is 3. The van der Waals surface area contributed by atoms with Crippen molar-refractivity contribution in [2.45, 2.75) is 45.9 Å². The van der Waals surface area contributed by atoms with E-state index in [1.807, 2.05) is 30.3 Å². The number of alkyl halides is 3. The van der Waals surface area contributed by atoms with Crippen LogP contribution in [0.4, 0.5) is 22.0 Å². The molecule has 0 amide bonds. The molecular weight excluding hydrogens is 619 g/mol. The van der Waals surface area contributed by atoms with Gasteiger partial charge in [0.1, 0.15) is 12.4 Å². The Morgan fingerprint density at radius 1 is 1.02 bits per heavy atom. The number of hydrogen-bond acceptors (Lipinski definition) is 7. The second-order valence-electron chi connectivity index (χ2n) is 9.97. The fourth-order valence-electron chi connectivity index (χ4n) is 4.52. The summed E-state index contributed by atoms with van der Waals surface area (Å²) in [5, 5.41) is 13.3. The third-order valence-electron chi connectivity index (χ3n) is 6.83. The molecule has 15 heteroatoms. The molecule has 1 atom stereocenters. The second kappa shape index (κ2) is 13.0. The van der Waals surface area contributed by atoms with E-state index in [-0.39, 0.29) is 42.0 Å². The molecule has 1 unspecified atom stereocenters. The van der Waals surface area contributed by atoms with Crippen LogP contribution >= 0.6 is 0 Å². The van der Waals surface area contributed by atoms with Crippen LogP contribution < -0.4 is 15.2 Å². The zero-order chi connectivity index (χ0) is 33.2. The predicted molar refractivity (Wildman–Crippen MR) is 153 cm³/mol. The number of rotatable bonds is 11. The molecule has 3 aromatic carbocycles. The maximum absolute atomic E-state index is 14.7. The van der Waals surface area contributed by atoms with Gasteiger partial charge in [0, 0.05) is 18.8 Å². The van der Waals surface area contributed by atoms with E-state index < -0.39 is 58.5 Å². The van der Waals surface area contributed by atoms with Crippen molar-refractivity contribution in [2.75, 3.05) is 0 Å². The van der Waals surface area contributed by atoms with Crippen molar-refractivity contribution in [3.05, 3.63) is 106 Å². The summed E-state index contributed by atoms with van der Waals surface area (Å²) in [5.74, 6) is -6.19. The molecule has 0 radical (unpaired) electrons. The van der Waals surface area contributed by atoms with Gasteiger partial charge in [0.25, 0.3) is 0 Å². The molecule has 0 saturated heterocycles. The van der Waals surface area contributed by atoms with E-state index in [0.29, 0.717) is 12.1 Å². The van der Waals surface area contributed by atoms with Crippen molar-refractivity contribution in [3.8, 4) is 23.1 Å². The van der Waals surface area contributed by atoms with Gasteiger partial charge >= 0.3 is 17.8 Å². The highest BCUT2D eigenvalue weighted by Gasteiger charge is 2.38. The average molecular weight is 645 g/mol. The zero-order valence-electron chi connectivity index (χ0n) is 24.2. The molecule has 0 spiro atoms. The lowest BCUT2D eigenvalue weighted by atomic mass is 10.1. The van der Waals surface area contributed by atoms with Gasteiger partial charge in [0.2, 0.25) is 11.6 Å². The Morgan fingerprint density at radius 2 is 1.72 bits per heavy atom. The minimum atomic E-state index is -4.82. The molecule has 2 aromatic heterocycles. The SMILES string of the molecule is CCn1c(COCc2ccccc2)nn(-c2cc(OC(C)C(F)(F)F)c3c(Oc4c(F)cc(C(=O)O)cc4F)nccc3c2)c1=O. The normalized spacial score (nSPS) is 12.3. The maximum Gasteiger partial charge on any atom is 0.425 e. The molecule has 0 aliphatic heterocycles. The van der Waals surface area contributed by atoms with Crippen LogP contribution in [0.1, 0.15) is 35.6 Å². The summed E-state index contributed by atoms with van der Waals surface area (Å²) in [6.45, 7) is 2.87. The number of aromatic carboxylic acids is 1. The Bertz CT molecular complexity index is 1940. The Labute approximate surface area is 257 Å². The Balaban J connectivity index is 1.59. The van der Waals surface area contributed by atoms with Crippen LogP contribution in [0.25, 0.3) is 16.5 Å². The van der Waals surface area contributed by atoms with Crippen LogP contribution in [0.3, 0.4) is 0 Å². The fraction of sp³-hybridized carbons (Fsp3) is 0.226. The molecule has 0 bridgehead atoms. The quantitative estimate of drug-likeness (QED) is 0.164. The number of pyridine rings is 1. The van der Waals surface area contributed by atoms with Crippen molar-refractivity contribution in [1.82, 2.24) is 19.3 Å². The molecular formula is C31H25F5N4O6. The van der Waals surface area contributed by atoms with E-state index in [0.717, 1.165) is 29.4 Å². The molecule has 0 aliphatic rings. The Hall–Kier alpha value is -5.31. The summed E-state index contributed by atoms with van der Waals surface area (Å²) in [6.07, 6.45) is -6.02. The van der Waals surface area contributed by atoms with Gasteiger partial charge < -0.3 is 19.3 Å². The van der Waals surface area contributed by atoms with Gasteiger partial charge in [-0.05, 0) is 49.1 Å². The van der Waals surface area contributed by atoms with E-state index in [4.69, 9.17) is 19.3 Å². The van der Waals surface area contributed by atoms with Crippen LogP contribution in [0.5, 0.6) is 17.4 Å². The molecule has 0 fully saturated rings. The van der Waals surface area contributed by atoms with E-state index >= 15 is 0 Å². The number of carbonyl (C=O) groups is 1. The van der Waals surface area contributed by atoms with Gasteiger partial charge in [-0.25, -0.2) is 23.4 Å². The van der Waals surface area contributed by atoms with Crippen molar-refractivity contribution in [1.29, 1.82) is 0 Å². The van der Waals surface area contributed by atoms with Crippen molar-refractivity contribution in [3.63, 3.8) is 0 Å². The predicted octanol–water partition coefficient (Wildman–Crippen LogP) is 6.42. The van der Waals surface area contributed by atoms with Crippen LogP contribution in [-0.2, 0) is 24.5 Å². The Kier molecular flexibility index (Phi) is 9.05. The first kappa shape index (κ1) is 32.1. The van der Waals surface area contributed by atoms with Gasteiger partial charge in [-0.3, -0.25) is 4.57 Å². The lowest BCUT2D eigenvalue weighted by molar-refractivity contribution is -0.189. The standard InChI is InChI=1S/C31H25F5N4O6/c1-3-39-25(16-44-15-18-7-5-4-6-8-18)38-40(30(39)43)21-11-19-9-10-37-28(26(19)24(14-21)45-17(2)31(34,35)36)46-27-22(32)12-20(29(41)42)13-23(27)33/h4-14,17H,3,15-16H2,1-2H3,(H,41,42). The van der Waals surface area contributed by atoms with Crippen molar-refractivity contribution >= 4 is 16.7 Å². The topological polar surface area (TPSA) is 118 Å². The number of hydrogen-bond donors (Lipinski definition) is 1. The van der Waals surface area contributed by atoms with Crippen LogP contribution in [-0.4, -0.2) is 42.7 Å². The van der Waals surface area contributed by atoms with Gasteiger partial charge in [-0.1, -0.05) is 30.3 Å². The van der Waals surface area contributed by atoms with Gasteiger partial charge in [0.05, 0.1) is 23.2 Å². The van der Waals surface area contributed by atoms with Crippen LogP contribution in [0.15, 0.2) is 71.7 Å². The lowest BCUT2D eigenvalue weighted by Crippen LogP contribution is -2.31. The van der Waals surface area contributed by atoms with E-state index in [9.17, 15) is 31.5 Å². The minimum absolute atomic E-state index is 0.0127. The second-order valence-corrected chi connectivity index (χ2v) is 9.97. The number of carboxylic acids is 1. The number of nitrogens with zero attached hydrogens (tertiary/aromatic N) is 4. The van der Waals surface area contributed by atoms with Crippen molar-refractivity contribution < 1.29 is 46.1 Å². The summed E-state index contributed by atoms with van der Waals surface area (Å²) in [4.78, 5) is 28.5. The summed E-state index contributed by atoms with van der Waals surface area (Å²) in [5.41, 5.74) is -0.392.